The fraction of sp³-hybridized carbons (Fsp3) is 0.368. The van der Waals surface area contributed by atoms with Crippen LogP contribution in [0.15, 0.2) is 22.7 Å². The summed E-state index contributed by atoms with van der Waals surface area (Å²) < 4.78 is 97.9. The van der Waals surface area contributed by atoms with Crippen LogP contribution in [0.4, 0.5) is 30.7 Å². The standard InChI is InChI=1S/C19H14F7N5O2/c1-31-12(6-14(30-31)19(24,25)26)16(32)28-10-3-2-4-11-15(10)33-17(29-11)8-5-13(18(21,22)23)27-7-9(8)20/h5-7,10H,2-4H2,1H3,(H,28,32). The molecule has 1 unspecified atom stereocenters. The van der Waals surface area contributed by atoms with Crippen molar-refractivity contribution in [3.63, 3.8) is 0 Å². The number of pyridine rings is 1. The number of nitrogens with one attached hydrogen (secondary N) is 1. The average Bonchev–Trinajstić information content (AvgIpc) is 3.31. The quantitative estimate of drug-likeness (QED) is 0.564. The van der Waals surface area contributed by atoms with Gasteiger partial charge >= 0.3 is 12.4 Å². The van der Waals surface area contributed by atoms with Crippen molar-refractivity contribution in [2.45, 2.75) is 37.7 Å². The zero-order valence-corrected chi connectivity index (χ0v) is 16.7. The molecule has 176 valence electrons. The molecule has 4 rings (SSSR count). The molecular weight excluding hydrogens is 463 g/mol. The summed E-state index contributed by atoms with van der Waals surface area (Å²) >= 11 is 0. The number of halogens is 7. The van der Waals surface area contributed by atoms with Crippen LogP contribution in [0.25, 0.3) is 11.5 Å². The number of carbonyl (C=O) groups excluding carboxylic acids is 1. The number of nitrogens with zero attached hydrogens (tertiary/aromatic N) is 4. The number of fused-ring (bicyclic) bond motifs is 1. The zero-order valence-electron chi connectivity index (χ0n) is 16.7. The molecule has 1 aliphatic carbocycles. The third kappa shape index (κ3) is 4.41. The highest BCUT2D eigenvalue weighted by Crippen LogP contribution is 2.36. The number of carbonyl (C=O) groups is 1. The average molecular weight is 477 g/mol. The minimum Gasteiger partial charge on any atom is -0.439 e. The van der Waals surface area contributed by atoms with Gasteiger partial charge in [-0.3, -0.25) is 9.48 Å². The Morgan fingerprint density at radius 2 is 1.85 bits per heavy atom. The Kier molecular flexibility index (Phi) is 5.41. The van der Waals surface area contributed by atoms with E-state index in [0.717, 1.165) is 4.68 Å². The smallest absolute Gasteiger partial charge is 0.435 e. The summed E-state index contributed by atoms with van der Waals surface area (Å²) in [7, 11) is 1.17. The Balaban J connectivity index is 1.63. The molecule has 0 saturated heterocycles. The van der Waals surface area contributed by atoms with Gasteiger partial charge in [-0.2, -0.15) is 31.4 Å². The normalized spacial score (nSPS) is 16.5. The van der Waals surface area contributed by atoms with Crippen LogP contribution in [0.1, 0.15) is 52.2 Å². The molecule has 0 bridgehead atoms. The van der Waals surface area contributed by atoms with Gasteiger partial charge in [0.1, 0.15) is 17.1 Å². The van der Waals surface area contributed by atoms with Crippen LogP contribution in [0.2, 0.25) is 0 Å². The van der Waals surface area contributed by atoms with E-state index in [1.807, 2.05) is 0 Å². The topological polar surface area (TPSA) is 85.8 Å². The number of hydrogen-bond donors (Lipinski definition) is 1. The summed E-state index contributed by atoms with van der Waals surface area (Å²) in [6.07, 6.45) is -7.98. The lowest BCUT2D eigenvalue weighted by atomic mass is 9.97. The molecule has 14 heteroatoms. The van der Waals surface area contributed by atoms with Gasteiger partial charge in [0, 0.05) is 13.1 Å². The minimum absolute atomic E-state index is 0.0904. The number of hydrogen-bond acceptors (Lipinski definition) is 5. The molecule has 0 aromatic carbocycles. The van der Waals surface area contributed by atoms with Crippen LogP contribution in [-0.4, -0.2) is 25.7 Å². The van der Waals surface area contributed by atoms with E-state index >= 15 is 0 Å². The minimum atomic E-state index is -4.82. The van der Waals surface area contributed by atoms with Crippen molar-refractivity contribution in [3.05, 3.63) is 52.7 Å². The molecule has 0 radical (unpaired) electrons. The zero-order chi connectivity index (χ0) is 24.1. The second-order valence-electron chi connectivity index (χ2n) is 7.33. The van der Waals surface area contributed by atoms with Crippen molar-refractivity contribution in [1.29, 1.82) is 0 Å². The van der Waals surface area contributed by atoms with Crippen LogP contribution >= 0.6 is 0 Å². The highest BCUT2D eigenvalue weighted by Gasteiger charge is 2.37. The van der Waals surface area contributed by atoms with E-state index in [1.165, 1.54) is 7.05 Å². The van der Waals surface area contributed by atoms with Gasteiger partial charge in [-0.25, -0.2) is 14.4 Å². The first kappa shape index (κ1) is 22.7. The number of oxazole rings is 1. The monoisotopic (exact) mass is 477 g/mol. The first-order valence-corrected chi connectivity index (χ1v) is 9.49. The number of amides is 1. The maximum absolute atomic E-state index is 14.2. The van der Waals surface area contributed by atoms with E-state index in [1.54, 1.807) is 0 Å². The molecule has 3 aromatic heterocycles. The van der Waals surface area contributed by atoms with Crippen molar-refractivity contribution in [1.82, 2.24) is 25.1 Å². The third-order valence-electron chi connectivity index (χ3n) is 5.03. The lowest BCUT2D eigenvalue weighted by Crippen LogP contribution is -2.31. The fourth-order valence-electron chi connectivity index (χ4n) is 3.48. The molecule has 0 aliphatic heterocycles. The van der Waals surface area contributed by atoms with E-state index in [9.17, 15) is 35.5 Å². The predicted octanol–water partition coefficient (Wildman–Crippen LogP) is 4.45. The summed E-state index contributed by atoms with van der Waals surface area (Å²) in [6.45, 7) is 0. The maximum Gasteiger partial charge on any atom is 0.435 e. The number of aryl methyl sites for hydroxylation is 2. The van der Waals surface area contributed by atoms with Crippen LogP contribution in [0.3, 0.4) is 0 Å². The Hall–Kier alpha value is -3.45. The summed E-state index contributed by atoms with van der Waals surface area (Å²) in [6, 6.07) is 0.225. The van der Waals surface area contributed by atoms with Gasteiger partial charge in [0.25, 0.3) is 5.91 Å². The molecule has 0 saturated carbocycles. The number of aromatic nitrogens is 4. The first-order chi connectivity index (χ1) is 15.3. The van der Waals surface area contributed by atoms with Gasteiger partial charge in [-0.1, -0.05) is 0 Å². The molecule has 1 N–H and O–H groups in total. The van der Waals surface area contributed by atoms with Gasteiger partial charge in [0.05, 0.1) is 23.5 Å². The van der Waals surface area contributed by atoms with Gasteiger partial charge in [-0.05, 0) is 25.3 Å². The predicted molar refractivity (Wildman–Crippen MR) is 96.0 cm³/mol. The fourth-order valence-corrected chi connectivity index (χ4v) is 3.48. The van der Waals surface area contributed by atoms with E-state index in [-0.39, 0.29) is 11.5 Å². The van der Waals surface area contributed by atoms with Crippen molar-refractivity contribution >= 4 is 5.91 Å². The highest BCUT2D eigenvalue weighted by atomic mass is 19.4. The molecule has 3 heterocycles. The van der Waals surface area contributed by atoms with Gasteiger partial charge in [0.15, 0.2) is 11.5 Å². The van der Waals surface area contributed by atoms with Crippen molar-refractivity contribution in [2.24, 2.45) is 7.05 Å². The van der Waals surface area contributed by atoms with E-state index in [0.29, 0.717) is 43.3 Å². The van der Waals surface area contributed by atoms with Gasteiger partial charge in [-0.15, -0.1) is 0 Å². The second-order valence-corrected chi connectivity index (χ2v) is 7.33. The Labute approximate surface area is 180 Å². The molecule has 1 aliphatic rings. The van der Waals surface area contributed by atoms with E-state index < -0.39 is 53.0 Å². The van der Waals surface area contributed by atoms with Crippen LogP contribution in [0.5, 0.6) is 0 Å². The highest BCUT2D eigenvalue weighted by molar-refractivity contribution is 5.93. The molecule has 1 atom stereocenters. The summed E-state index contributed by atoms with van der Waals surface area (Å²) in [4.78, 5) is 19.7. The molecule has 0 spiro atoms. The number of alkyl halides is 6. The lowest BCUT2D eigenvalue weighted by Gasteiger charge is -2.21. The van der Waals surface area contributed by atoms with Crippen molar-refractivity contribution < 1.29 is 39.9 Å². The van der Waals surface area contributed by atoms with E-state index in [4.69, 9.17) is 4.42 Å². The number of rotatable bonds is 3. The molecule has 3 aromatic rings. The molecule has 7 nitrogen and oxygen atoms in total. The van der Waals surface area contributed by atoms with Crippen molar-refractivity contribution in [2.75, 3.05) is 0 Å². The molecule has 1 amide bonds. The van der Waals surface area contributed by atoms with Gasteiger partial charge in [0.2, 0.25) is 5.89 Å². The summed E-state index contributed by atoms with van der Waals surface area (Å²) in [5, 5.41) is 5.80. The molecular formula is C19H14F7N5O2. The first-order valence-electron chi connectivity index (χ1n) is 9.49. The largest absolute Gasteiger partial charge is 0.439 e. The van der Waals surface area contributed by atoms with Crippen LogP contribution < -0.4 is 5.32 Å². The van der Waals surface area contributed by atoms with Crippen molar-refractivity contribution in [3.8, 4) is 11.5 Å². The van der Waals surface area contributed by atoms with Crippen LogP contribution in [-0.2, 0) is 25.8 Å². The van der Waals surface area contributed by atoms with Gasteiger partial charge < -0.3 is 9.73 Å². The maximum atomic E-state index is 14.2. The van der Waals surface area contributed by atoms with E-state index in [2.05, 4.69) is 20.4 Å². The summed E-state index contributed by atoms with van der Waals surface area (Å²) in [5.74, 6) is -2.29. The SMILES string of the molecule is Cn1nc(C(F)(F)F)cc1C(=O)NC1CCCc2nc(-c3cc(C(F)(F)F)ncc3F)oc21. The van der Waals surface area contributed by atoms with Crippen LogP contribution in [0, 0.1) is 5.82 Å². The third-order valence-corrected chi connectivity index (χ3v) is 5.03. The Morgan fingerprint density at radius 1 is 1.15 bits per heavy atom. The second kappa shape index (κ2) is 7.85. The Bertz CT molecular complexity index is 1210. The molecule has 33 heavy (non-hydrogen) atoms. The Morgan fingerprint density at radius 3 is 2.48 bits per heavy atom. The molecule has 0 fully saturated rings. The lowest BCUT2D eigenvalue weighted by molar-refractivity contribution is -0.142. The summed E-state index contributed by atoms with van der Waals surface area (Å²) in [5.41, 5.74) is -3.19.